The number of pyridine rings is 2. The van der Waals surface area contributed by atoms with Crippen molar-refractivity contribution in [3.8, 4) is 0 Å². The summed E-state index contributed by atoms with van der Waals surface area (Å²) in [6.45, 7) is 0. The number of hydrogen-bond acceptors (Lipinski definition) is 4. The predicted octanol–water partition coefficient (Wildman–Crippen LogP) is 3.97. The highest BCUT2D eigenvalue weighted by atomic mass is 127. The van der Waals surface area contributed by atoms with Crippen LogP contribution in [0.3, 0.4) is 0 Å². The molecule has 0 unspecified atom stereocenters. The number of aromatic nitrogens is 2. The van der Waals surface area contributed by atoms with Crippen LogP contribution in [-0.2, 0) is 12.4 Å². The molecule has 0 saturated carbocycles. The van der Waals surface area contributed by atoms with Crippen LogP contribution in [-0.4, -0.2) is 9.97 Å². The van der Waals surface area contributed by atoms with E-state index in [1.807, 2.05) is 0 Å². The summed E-state index contributed by atoms with van der Waals surface area (Å²) in [6, 6.07) is 2.48. The highest BCUT2D eigenvalue weighted by Crippen LogP contribution is 2.33. The Hall–Kier alpha value is -1.79. The topological polar surface area (TPSA) is 77.8 Å². The lowest BCUT2D eigenvalue weighted by molar-refractivity contribution is -0.138. The highest BCUT2D eigenvalue weighted by Gasteiger charge is 2.33. The first-order chi connectivity index (χ1) is 10.4. The van der Waals surface area contributed by atoms with E-state index in [1.165, 1.54) is 0 Å². The Morgan fingerprint density at radius 1 is 0.870 bits per heavy atom. The average Bonchev–Trinajstić information content (AvgIpc) is 2.40. The van der Waals surface area contributed by atoms with Gasteiger partial charge in [-0.15, -0.1) is 0 Å². The summed E-state index contributed by atoms with van der Waals surface area (Å²) in [5.74, 6) is -0.248. The number of halogens is 7. The molecule has 0 aromatic carbocycles. The van der Waals surface area contributed by atoms with Crippen LogP contribution in [0.1, 0.15) is 11.1 Å². The number of nitrogens with zero attached hydrogens (tertiary/aromatic N) is 2. The summed E-state index contributed by atoms with van der Waals surface area (Å²) in [4.78, 5) is 6.95. The third-order valence-corrected chi connectivity index (χ3v) is 3.15. The van der Waals surface area contributed by atoms with Crippen LogP contribution in [0.5, 0.6) is 0 Å². The van der Waals surface area contributed by atoms with E-state index in [0.29, 0.717) is 0 Å². The maximum Gasteiger partial charge on any atom is 0.417 e. The van der Waals surface area contributed by atoms with Gasteiger partial charge < -0.3 is 11.5 Å². The maximum atomic E-state index is 12.1. The average molecular weight is 450 g/mol. The third kappa shape index (κ3) is 6.08. The maximum absolute atomic E-state index is 12.1. The molecule has 0 atom stereocenters. The van der Waals surface area contributed by atoms with Gasteiger partial charge in [0.15, 0.2) is 0 Å². The van der Waals surface area contributed by atoms with Crippen LogP contribution < -0.4 is 11.5 Å². The number of hydrogen-bond donors (Lipinski definition) is 2. The van der Waals surface area contributed by atoms with Crippen molar-refractivity contribution in [1.82, 2.24) is 9.97 Å². The summed E-state index contributed by atoms with van der Waals surface area (Å²) >= 11 is 1.56. The fourth-order valence-corrected chi connectivity index (χ4v) is 1.90. The number of anilines is 2. The fraction of sp³-hybridized carbons (Fsp3) is 0.167. The van der Waals surface area contributed by atoms with E-state index in [0.717, 1.165) is 30.6 Å². The van der Waals surface area contributed by atoms with Gasteiger partial charge in [0.05, 0.1) is 11.1 Å². The molecular formula is C12H9F6IN4. The minimum absolute atomic E-state index is 0.0503. The van der Waals surface area contributed by atoms with Crippen molar-refractivity contribution < 1.29 is 26.3 Å². The number of nitrogen functional groups attached to an aromatic ring is 2. The van der Waals surface area contributed by atoms with E-state index < -0.39 is 23.5 Å². The van der Waals surface area contributed by atoms with Gasteiger partial charge in [-0.25, -0.2) is 9.97 Å². The van der Waals surface area contributed by atoms with E-state index in [1.54, 1.807) is 22.6 Å². The zero-order valence-corrected chi connectivity index (χ0v) is 13.2. The Bertz CT molecular complexity index is 671. The standard InChI is InChI=1S/C6H4F3IN2.C6H5F3N2/c7-6(8,9)3-1-5(11)12-2-4(3)10;7-6(8,9)4-1-2-11-5(10)3-4/h1-2H,(H2,11,12);1-3H,(H2,10,11). The van der Waals surface area contributed by atoms with Gasteiger partial charge in [-0.05, 0) is 40.8 Å². The predicted molar refractivity (Wildman–Crippen MR) is 80.0 cm³/mol. The molecule has 0 aliphatic heterocycles. The Balaban J connectivity index is 0.000000231. The van der Waals surface area contributed by atoms with Crippen molar-refractivity contribution in [3.05, 3.63) is 45.3 Å². The second-order valence-corrected chi connectivity index (χ2v) is 5.22. The molecule has 2 heterocycles. The largest absolute Gasteiger partial charge is 0.417 e. The van der Waals surface area contributed by atoms with Crippen LogP contribution in [0, 0.1) is 3.57 Å². The van der Waals surface area contributed by atoms with Crippen molar-refractivity contribution in [1.29, 1.82) is 0 Å². The molecule has 0 aliphatic carbocycles. The molecule has 0 bridgehead atoms. The normalized spacial score (nSPS) is 11.6. The molecule has 2 aromatic rings. The third-order valence-electron chi connectivity index (χ3n) is 2.29. The molecule has 11 heteroatoms. The summed E-state index contributed by atoms with van der Waals surface area (Å²) in [5, 5.41) is 0. The van der Waals surface area contributed by atoms with Crippen LogP contribution in [0.4, 0.5) is 38.0 Å². The van der Waals surface area contributed by atoms with Gasteiger partial charge >= 0.3 is 12.4 Å². The molecule has 0 radical (unpaired) electrons. The summed E-state index contributed by atoms with van der Waals surface area (Å²) in [6.07, 6.45) is -6.57. The Morgan fingerprint density at radius 2 is 1.43 bits per heavy atom. The highest BCUT2D eigenvalue weighted by molar-refractivity contribution is 14.1. The smallest absolute Gasteiger partial charge is 0.384 e. The molecule has 2 rings (SSSR count). The SMILES string of the molecule is Nc1cc(C(F)(F)F)c(I)cn1.Nc1cc(C(F)(F)F)ccn1. The number of nitrogens with two attached hydrogens (primary N) is 2. The lowest BCUT2D eigenvalue weighted by atomic mass is 10.2. The molecule has 4 nitrogen and oxygen atoms in total. The van der Waals surface area contributed by atoms with Crippen LogP contribution >= 0.6 is 22.6 Å². The van der Waals surface area contributed by atoms with Crippen molar-refractivity contribution >= 4 is 34.2 Å². The van der Waals surface area contributed by atoms with Crippen molar-refractivity contribution in [2.24, 2.45) is 0 Å². The number of alkyl halides is 6. The lowest BCUT2D eigenvalue weighted by Crippen LogP contribution is -2.09. The van der Waals surface area contributed by atoms with E-state index >= 15 is 0 Å². The molecule has 0 fully saturated rings. The molecule has 4 N–H and O–H groups in total. The van der Waals surface area contributed by atoms with Gasteiger partial charge in [0.1, 0.15) is 11.6 Å². The van der Waals surface area contributed by atoms with Gasteiger partial charge in [-0.3, -0.25) is 0 Å². The minimum atomic E-state index is -4.35. The minimum Gasteiger partial charge on any atom is -0.384 e. The van der Waals surface area contributed by atoms with Gasteiger partial charge in [0.2, 0.25) is 0 Å². The van der Waals surface area contributed by atoms with E-state index in [-0.39, 0.29) is 15.2 Å². The second kappa shape index (κ2) is 7.19. The number of rotatable bonds is 0. The van der Waals surface area contributed by atoms with Crippen LogP contribution in [0.2, 0.25) is 0 Å². The quantitative estimate of drug-likeness (QED) is 0.471. The van der Waals surface area contributed by atoms with Gasteiger partial charge in [0.25, 0.3) is 0 Å². The molecular weight excluding hydrogens is 441 g/mol. The molecule has 23 heavy (non-hydrogen) atoms. The van der Waals surface area contributed by atoms with Crippen molar-refractivity contribution in [2.75, 3.05) is 11.5 Å². The monoisotopic (exact) mass is 450 g/mol. The zero-order valence-electron chi connectivity index (χ0n) is 11.1. The molecule has 0 aliphatic rings. The first-order valence-corrected chi connectivity index (χ1v) is 6.76. The summed E-state index contributed by atoms with van der Waals surface area (Å²) < 4.78 is 72.1. The van der Waals surface area contributed by atoms with Crippen molar-refractivity contribution in [3.63, 3.8) is 0 Å². The van der Waals surface area contributed by atoms with Crippen LogP contribution in [0.25, 0.3) is 0 Å². The molecule has 2 aromatic heterocycles. The van der Waals surface area contributed by atoms with Gasteiger partial charge in [-0.1, -0.05) is 0 Å². The summed E-state index contributed by atoms with van der Waals surface area (Å²) in [7, 11) is 0. The van der Waals surface area contributed by atoms with Crippen molar-refractivity contribution in [2.45, 2.75) is 12.4 Å². The molecule has 0 amide bonds. The van der Waals surface area contributed by atoms with Crippen LogP contribution in [0.15, 0.2) is 30.6 Å². The molecule has 0 saturated heterocycles. The Morgan fingerprint density at radius 3 is 1.83 bits per heavy atom. The lowest BCUT2D eigenvalue weighted by Gasteiger charge is -2.08. The van der Waals surface area contributed by atoms with Gasteiger partial charge in [0, 0.05) is 16.0 Å². The first-order valence-electron chi connectivity index (χ1n) is 5.68. The fourth-order valence-electron chi connectivity index (χ4n) is 1.30. The molecule has 0 spiro atoms. The van der Waals surface area contributed by atoms with E-state index in [4.69, 9.17) is 11.5 Å². The zero-order chi connectivity index (χ0) is 17.8. The van der Waals surface area contributed by atoms with E-state index in [9.17, 15) is 26.3 Å². The Kier molecular flexibility index (Phi) is 6.02. The second-order valence-electron chi connectivity index (χ2n) is 4.05. The Labute approximate surface area is 140 Å². The first kappa shape index (κ1) is 19.3. The van der Waals surface area contributed by atoms with E-state index in [2.05, 4.69) is 9.97 Å². The summed E-state index contributed by atoms with van der Waals surface area (Å²) in [5.41, 5.74) is 8.64. The van der Waals surface area contributed by atoms with Gasteiger partial charge in [-0.2, -0.15) is 26.3 Å². The molecule has 126 valence electrons.